The zero-order valence-electron chi connectivity index (χ0n) is 16.8. The van der Waals surface area contributed by atoms with Crippen molar-refractivity contribution in [1.82, 2.24) is 0 Å². The molecule has 32 heavy (non-hydrogen) atoms. The number of ether oxygens (including phenoxy) is 2. The number of rotatable bonds is 2. The number of nitrogens with two attached hydrogens (primary N) is 1. The van der Waals surface area contributed by atoms with Crippen LogP contribution in [0.2, 0.25) is 5.02 Å². The number of halogens is 1. The zero-order chi connectivity index (χ0) is 21.9. The summed E-state index contributed by atoms with van der Waals surface area (Å²) in [6, 6.07) is 26.0. The van der Waals surface area contributed by atoms with Crippen LogP contribution >= 0.6 is 11.6 Å². The Morgan fingerprint density at radius 1 is 0.812 bits per heavy atom. The van der Waals surface area contributed by atoms with Crippen LogP contribution in [0.15, 0.2) is 84.9 Å². The summed E-state index contributed by atoms with van der Waals surface area (Å²) in [5.74, 6) is 0.784. The van der Waals surface area contributed by atoms with Gasteiger partial charge in [-0.15, -0.1) is 0 Å². The van der Waals surface area contributed by atoms with E-state index in [1.807, 2.05) is 66.7 Å². The number of hydrogen-bond donors (Lipinski definition) is 2. The molecular formula is C26H17ClN2O3. The van der Waals surface area contributed by atoms with Crippen molar-refractivity contribution < 1.29 is 14.3 Å². The molecule has 1 unspecified atom stereocenters. The fraction of sp³-hybridized carbons (Fsp3) is 0.0385. The van der Waals surface area contributed by atoms with Crippen LogP contribution in [0.1, 0.15) is 27.0 Å². The van der Waals surface area contributed by atoms with Crippen molar-refractivity contribution >= 4 is 34.6 Å². The third-order valence-electron chi connectivity index (χ3n) is 5.89. The number of nitrogens with one attached hydrogen (secondary N) is 1. The van der Waals surface area contributed by atoms with Crippen molar-refractivity contribution in [3.63, 3.8) is 0 Å². The summed E-state index contributed by atoms with van der Waals surface area (Å²) in [6.07, 6.45) is 0. The van der Waals surface area contributed by atoms with E-state index in [4.69, 9.17) is 26.8 Å². The second kappa shape index (κ2) is 6.77. The highest BCUT2D eigenvalue weighted by Gasteiger charge is 2.53. The molecule has 0 aliphatic carbocycles. The maximum atomic E-state index is 12.9. The number of fused-ring (bicyclic) bond motifs is 6. The minimum Gasteiger partial charge on any atom is -0.456 e. The first-order chi connectivity index (χ1) is 15.6. The summed E-state index contributed by atoms with van der Waals surface area (Å²) < 4.78 is 12.4. The number of carbonyl (C=O) groups is 1. The summed E-state index contributed by atoms with van der Waals surface area (Å²) in [6.45, 7) is 0. The van der Waals surface area contributed by atoms with Gasteiger partial charge >= 0.3 is 5.97 Å². The summed E-state index contributed by atoms with van der Waals surface area (Å²) in [5, 5.41) is 3.96. The van der Waals surface area contributed by atoms with Gasteiger partial charge in [0, 0.05) is 34.1 Å². The van der Waals surface area contributed by atoms with Crippen LogP contribution in [0.25, 0.3) is 0 Å². The van der Waals surface area contributed by atoms with Gasteiger partial charge in [-0.05, 0) is 48.5 Å². The monoisotopic (exact) mass is 440 g/mol. The van der Waals surface area contributed by atoms with Crippen molar-refractivity contribution in [2.75, 3.05) is 11.1 Å². The van der Waals surface area contributed by atoms with Crippen LogP contribution in [-0.4, -0.2) is 5.97 Å². The smallest absolute Gasteiger partial charge is 0.340 e. The van der Waals surface area contributed by atoms with Gasteiger partial charge in [0.05, 0.1) is 16.3 Å². The van der Waals surface area contributed by atoms with E-state index in [1.54, 1.807) is 18.2 Å². The van der Waals surface area contributed by atoms with E-state index in [1.165, 1.54) is 0 Å². The second-order valence-corrected chi connectivity index (χ2v) is 8.20. The molecule has 6 heteroatoms. The van der Waals surface area contributed by atoms with Gasteiger partial charge < -0.3 is 20.5 Å². The Labute approximate surface area is 189 Å². The predicted octanol–water partition coefficient (Wildman–Crippen LogP) is 6.23. The molecule has 1 spiro atoms. The number of benzene rings is 4. The van der Waals surface area contributed by atoms with Crippen molar-refractivity contribution in [2.24, 2.45) is 0 Å². The average molecular weight is 441 g/mol. The summed E-state index contributed by atoms with van der Waals surface area (Å²) >= 11 is 6.34. The maximum absolute atomic E-state index is 12.9. The van der Waals surface area contributed by atoms with Gasteiger partial charge in [-0.25, -0.2) is 4.79 Å². The van der Waals surface area contributed by atoms with E-state index >= 15 is 0 Å². The fourth-order valence-electron chi connectivity index (χ4n) is 4.48. The maximum Gasteiger partial charge on any atom is 0.340 e. The zero-order valence-corrected chi connectivity index (χ0v) is 17.5. The van der Waals surface area contributed by atoms with E-state index in [-0.39, 0.29) is 5.97 Å². The molecule has 0 saturated carbocycles. The molecule has 2 heterocycles. The van der Waals surface area contributed by atoms with Crippen LogP contribution in [0.4, 0.5) is 17.1 Å². The third kappa shape index (κ3) is 2.61. The molecule has 156 valence electrons. The molecule has 3 N–H and O–H groups in total. The van der Waals surface area contributed by atoms with E-state index in [0.717, 1.165) is 28.1 Å². The Hall–Kier alpha value is -3.96. The topological polar surface area (TPSA) is 73.6 Å². The predicted molar refractivity (Wildman–Crippen MR) is 124 cm³/mol. The molecule has 4 aromatic carbocycles. The van der Waals surface area contributed by atoms with Crippen molar-refractivity contribution in [3.05, 3.63) is 112 Å². The SMILES string of the molecule is Nc1ccc2c(c1)Oc1ccc(Nc3ccccc3Cl)cc1C21OC(=O)c2ccccc21. The van der Waals surface area contributed by atoms with Crippen LogP contribution in [0, 0.1) is 0 Å². The highest BCUT2D eigenvalue weighted by atomic mass is 35.5. The van der Waals surface area contributed by atoms with E-state index in [9.17, 15) is 4.79 Å². The lowest BCUT2D eigenvalue weighted by Gasteiger charge is -2.36. The van der Waals surface area contributed by atoms with Gasteiger partial charge in [-0.2, -0.15) is 0 Å². The molecule has 2 aliphatic rings. The number of anilines is 3. The molecule has 0 aromatic heterocycles. The van der Waals surface area contributed by atoms with Crippen LogP contribution in [0.5, 0.6) is 11.5 Å². The first-order valence-corrected chi connectivity index (χ1v) is 10.5. The number of esters is 1. The number of para-hydroxylation sites is 1. The van der Waals surface area contributed by atoms with Crippen molar-refractivity contribution in [3.8, 4) is 11.5 Å². The molecule has 6 rings (SSSR count). The molecule has 5 nitrogen and oxygen atoms in total. The van der Waals surface area contributed by atoms with Crippen LogP contribution in [-0.2, 0) is 10.3 Å². The normalized spacial score (nSPS) is 17.7. The van der Waals surface area contributed by atoms with Crippen LogP contribution in [0.3, 0.4) is 0 Å². The fourth-order valence-corrected chi connectivity index (χ4v) is 4.67. The Morgan fingerprint density at radius 2 is 1.62 bits per heavy atom. The lowest BCUT2D eigenvalue weighted by Crippen LogP contribution is -2.33. The molecule has 0 fully saturated rings. The molecule has 0 saturated heterocycles. The first-order valence-electron chi connectivity index (χ1n) is 10.1. The molecule has 2 aliphatic heterocycles. The molecular weight excluding hydrogens is 424 g/mol. The summed E-state index contributed by atoms with van der Waals surface area (Å²) in [5.41, 5.74) is 9.79. The highest BCUT2D eigenvalue weighted by molar-refractivity contribution is 6.33. The largest absolute Gasteiger partial charge is 0.456 e. The van der Waals surface area contributed by atoms with E-state index in [0.29, 0.717) is 27.8 Å². The Kier molecular flexibility index (Phi) is 3.97. The highest BCUT2D eigenvalue weighted by Crippen LogP contribution is 2.56. The van der Waals surface area contributed by atoms with Gasteiger partial charge in [0.2, 0.25) is 0 Å². The molecule has 0 bridgehead atoms. The Morgan fingerprint density at radius 3 is 2.50 bits per heavy atom. The minimum atomic E-state index is -1.14. The van der Waals surface area contributed by atoms with E-state index < -0.39 is 5.60 Å². The van der Waals surface area contributed by atoms with Crippen molar-refractivity contribution in [2.45, 2.75) is 5.60 Å². The van der Waals surface area contributed by atoms with E-state index in [2.05, 4.69) is 5.32 Å². The van der Waals surface area contributed by atoms with Gasteiger partial charge in [-0.1, -0.05) is 41.9 Å². The molecule has 0 amide bonds. The minimum absolute atomic E-state index is 0.374. The first kappa shape index (κ1) is 18.8. The summed E-state index contributed by atoms with van der Waals surface area (Å²) in [7, 11) is 0. The molecule has 0 radical (unpaired) electrons. The molecule has 4 aromatic rings. The lowest BCUT2D eigenvalue weighted by molar-refractivity contribution is 0.0224. The summed E-state index contributed by atoms with van der Waals surface area (Å²) in [4.78, 5) is 12.9. The number of carbonyl (C=O) groups excluding carboxylic acids is 1. The quantitative estimate of drug-likeness (QED) is 0.285. The van der Waals surface area contributed by atoms with Crippen molar-refractivity contribution in [1.29, 1.82) is 0 Å². The standard InChI is InChI=1S/C26H17ClN2O3/c27-21-7-3-4-8-22(21)29-16-10-12-23-20(14-16)26(19-11-9-15(28)13-24(19)31-23)18-6-2-1-5-17(18)25(30)32-26/h1-14,29H,28H2. The average Bonchev–Trinajstić information content (AvgIpc) is 3.09. The van der Waals surface area contributed by atoms with Crippen LogP contribution < -0.4 is 15.8 Å². The van der Waals surface area contributed by atoms with Gasteiger partial charge in [0.25, 0.3) is 0 Å². The second-order valence-electron chi connectivity index (χ2n) is 7.79. The number of nitrogen functional groups attached to an aromatic ring is 1. The van der Waals surface area contributed by atoms with Gasteiger partial charge in [0.1, 0.15) is 11.5 Å². The number of hydrogen-bond acceptors (Lipinski definition) is 5. The van der Waals surface area contributed by atoms with Gasteiger partial charge in [-0.3, -0.25) is 0 Å². The Balaban J connectivity index is 1.59. The van der Waals surface area contributed by atoms with Gasteiger partial charge in [0.15, 0.2) is 5.60 Å². The lowest BCUT2D eigenvalue weighted by atomic mass is 9.77. The molecule has 1 atom stereocenters. The third-order valence-corrected chi connectivity index (χ3v) is 6.22. The Bertz CT molecular complexity index is 1420.